The third kappa shape index (κ3) is 7.53. The van der Waals surface area contributed by atoms with Gasteiger partial charge in [-0.3, -0.25) is 0 Å². The van der Waals surface area contributed by atoms with E-state index in [0.717, 1.165) is 19.3 Å². The topological polar surface area (TPSA) is 43.4 Å². The molecule has 3 heteroatoms. The Bertz CT molecular complexity index is 219. The van der Waals surface area contributed by atoms with Crippen LogP contribution in [-0.4, -0.2) is 18.4 Å². The maximum absolute atomic E-state index is 10.9. The van der Waals surface area contributed by atoms with Crippen molar-refractivity contribution < 1.29 is 14.3 Å². The lowest BCUT2D eigenvalue weighted by Crippen LogP contribution is -2.06. The van der Waals surface area contributed by atoms with E-state index in [-0.39, 0.29) is 11.8 Å². The first kappa shape index (κ1) is 12.9. The second kappa shape index (κ2) is 7.30. The van der Waals surface area contributed by atoms with E-state index < -0.39 is 0 Å². The van der Waals surface area contributed by atoms with Crippen LogP contribution in [0, 0.1) is 0 Å². The molecule has 0 bridgehead atoms. The third-order valence-corrected chi connectivity index (χ3v) is 1.75. The van der Waals surface area contributed by atoms with Crippen LogP contribution >= 0.6 is 0 Å². The fourth-order valence-electron chi connectivity index (χ4n) is 0.941. The SMILES string of the molecule is C=C(C)C(=O)OCCCCCC(C)=O. The molecule has 0 aromatic carbocycles. The van der Waals surface area contributed by atoms with E-state index in [1.165, 1.54) is 0 Å². The summed E-state index contributed by atoms with van der Waals surface area (Å²) in [5.41, 5.74) is 0.425. The van der Waals surface area contributed by atoms with Gasteiger partial charge in [-0.05, 0) is 33.1 Å². The summed E-state index contributed by atoms with van der Waals surface area (Å²) < 4.78 is 4.89. The first-order valence-electron chi connectivity index (χ1n) is 4.86. The van der Waals surface area contributed by atoms with Crippen molar-refractivity contribution in [2.45, 2.75) is 39.5 Å². The van der Waals surface area contributed by atoms with Crippen LogP contribution < -0.4 is 0 Å². The molecule has 0 atom stereocenters. The quantitative estimate of drug-likeness (QED) is 0.358. The van der Waals surface area contributed by atoms with Crippen molar-refractivity contribution in [2.75, 3.05) is 6.61 Å². The largest absolute Gasteiger partial charge is 0.462 e. The minimum atomic E-state index is -0.337. The minimum Gasteiger partial charge on any atom is -0.462 e. The van der Waals surface area contributed by atoms with Crippen LogP contribution in [0.25, 0.3) is 0 Å². The van der Waals surface area contributed by atoms with E-state index >= 15 is 0 Å². The molecule has 0 amide bonds. The van der Waals surface area contributed by atoms with Gasteiger partial charge in [-0.2, -0.15) is 0 Å². The predicted molar refractivity (Wildman–Crippen MR) is 54.9 cm³/mol. The fraction of sp³-hybridized carbons (Fsp3) is 0.636. The van der Waals surface area contributed by atoms with Crippen LogP contribution in [0.1, 0.15) is 39.5 Å². The molecule has 14 heavy (non-hydrogen) atoms. The van der Waals surface area contributed by atoms with Gasteiger partial charge < -0.3 is 9.53 Å². The normalized spacial score (nSPS) is 9.57. The Morgan fingerprint density at radius 2 is 1.79 bits per heavy atom. The molecule has 0 heterocycles. The average molecular weight is 198 g/mol. The van der Waals surface area contributed by atoms with Crippen molar-refractivity contribution in [3.05, 3.63) is 12.2 Å². The van der Waals surface area contributed by atoms with Gasteiger partial charge in [-0.15, -0.1) is 0 Å². The summed E-state index contributed by atoms with van der Waals surface area (Å²) in [5, 5.41) is 0. The maximum Gasteiger partial charge on any atom is 0.333 e. The Labute approximate surface area is 85.1 Å². The number of carbonyl (C=O) groups is 2. The van der Waals surface area contributed by atoms with E-state index in [2.05, 4.69) is 6.58 Å². The molecular formula is C11H18O3. The van der Waals surface area contributed by atoms with Gasteiger partial charge in [0.2, 0.25) is 0 Å². The van der Waals surface area contributed by atoms with Crippen LogP contribution in [-0.2, 0) is 14.3 Å². The summed E-state index contributed by atoms with van der Waals surface area (Å²) in [6.45, 7) is 7.10. The Kier molecular flexibility index (Phi) is 6.72. The predicted octanol–water partition coefficient (Wildman–Crippen LogP) is 2.26. The molecule has 0 saturated heterocycles. The van der Waals surface area contributed by atoms with Gasteiger partial charge in [0.25, 0.3) is 0 Å². The Morgan fingerprint density at radius 1 is 1.14 bits per heavy atom. The van der Waals surface area contributed by atoms with Crippen molar-refractivity contribution in [2.24, 2.45) is 0 Å². The van der Waals surface area contributed by atoms with Crippen LogP contribution in [0.3, 0.4) is 0 Å². The molecule has 0 radical (unpaired) electrons. The lowest BCUT2D eigenvalue weighted by atomic mass is 10.1. The highest BCUT2D eigenvalue weighted by molar-refractivity contribution is 5.86. The molecule has 0 spiro atoms. The molecule has 0 aromatic heterocycles. The van der Waals surface area contributed by atoms with Crippen LogP contribution in [0.4, 0.5) is 0 Å². The van der Waals surface area contributed by atoms with E-state index in [9.17, 15) is 9.59 Å². The van der Waals surface area contributed by atoms with E-state index in [4.69, 9.17) is 4.74 Å². The Hall–Kier alpha value is -1.12. The number of ether oxygens (including phenoxy) is 1. The Balaban J connectivity index is 3.26. The number of ketones is 1. The van der Waals surface area contributed by atoms with Crippen LogP contribution in [0.5, 0.6) is 0 Å². The van der Waals surface area contributed by atoms with E-state index in [0.29, 0.717) is 18.6 Å². The van der Waals surface area contributed by atoms with Gasteiger partial charge in [-0.25, -0.2) is 4.79 Å². The highest BCUT2D eigenvalue weighted by atomic mass is 16.5. The average Bonchev–Trinajstić information content (AvgIpc) is 2.09. The zero-order chi connectivity index (χ0) is 11.0. The van der Waals surface area contributed by atoms with Crippen molar-refractivity contribution >= 4 is 11.8 Å². The summed E-state index contributed by atoms with van der Waals surface area (Å²) >= 11 is 0. The lowest BCUT2D eigenvalue weighted by Gasteiger charge is -2.03. The number of hydrogen-bond acceptors (Lipinski definition) is 3. The van der Waals surface area contributed by atoms with Gasteiger partial charge in [0.05, 0.1) is 6.61 Å². The van der Waals surface area contributed by atoms with Crippen LogP contribution in [0.15, 0.2) is 12.2 Å². The van der Waals surface area contributed by atoms with Crippen molar-refractivity contribution in [3.8, 4) is 0 Å². The minimum absolute atomic E-state index is 0.212. The summed E-state index contributed by atoms with van der Waals surface area (Å²) in [4.78, 5) is 21.5. The van der Waals surface area contributed by atoms with Gasteiger partial charge in [0.15, 0.2) is 0 Å². The molecule has 3 nitrogen and oxygen atoms in total. The number of esters is 1. The molecule has 0 aliphatic carbocycles. The van der Waals surface area contributed by atoms with E-state index in [1.807, 2.05) is 0 Å². The monoisotopic (exact) mass is 198 g/mol. The molecular weight excluding hydrogens is 180 g/mol. The fourth-order valence-corrected chi connectivity index (χ4v) is 0.941. The first-order valence-corrected chi connectivity index (χ1v) is 4.86. The summed E-state index contributed by atoms with van der Waals surface area (Å²) in [7, 11) is 0. The second-order valence-corrected chi connectivity index (χ2v) is 3.43. The second-order valence-electron chi connectivity index (χ2n) is 3.43. The summed E-state index contributed by atoms with van der Waals surface area (Å²) in [5.74, 6) is -0.125. The molecule has 0 N–H and O–H groups in total. The van der Waals surface area contributed by atoms with Crippen molar-refractivity contribution in [3.63, 3.8) is 0 Å². The number of hydrogen-bond donors (Lipinski definition) is 0. The Morgan fingerprint density at radius 3 is 2.29 bits per heavy atom. The summed E-state index contributed by atoms with van der Waals surface area (Å²) in [6, 6.07) is 0. The number of Topliss-reactive ketones (excluding diaryl/α,β-unsaturated/α-hetero) is 1. The number of carbonyl (C=O) groups excluding carboxylic acids is 2. The standard InChI is InChI=1S/C11H18O3/c1-9(2)11(13)14-8-6-4-5-7-10(3)12/h1,4-8H2,2-3H3. The molecule has 0 saturated carbocycles. The zero-order valence-corrected chi connectivity index (χ0v) is 8.97. The number of unbranched alkanes of at least 4 members (excludes halogenated alkanes) is 2. The van der Waals surface area contributed by atoms with Crippen molar-refractivity contribution in [1.82, 2.24) is 0 Å². The van der Waals surface area contributed by atoms with Gasteiger partial charge in [0, 0.05) is 12.0 Å². The number of rotatable bonds is 7. The van der Waals surface area contributed by atoms with Gasteiger partial charge in [-0.1, -0.05) is 6.58 Å². The smallest absolute Gasteiger partial charge is 0.333 e. The third-order valence-electron chi connectivity index (χ3n) is 1.75. The molecule has 0 rings (SSSR count). The lowest BCUT2D eigenvalue weighted by molar-refractivity contribution is -0.139. The first-order chi connectivity index (χ1) is 6.54. The van der Waals surface area contributed by atoms with Gasteiger partial charge in [0.1, 0.15) is 5.78 Å². The van der Waals surface area contributed by atoms with E-state index in [1.54, 1.807) is 13.8 Å². The molecule has 0 fully saturated rings. The highest BCUT2D eigenvalue weighted by Crippen LogP contribution is 2.01. The molecule has 80 valence electrons. The maximum atomic E-state index is 10.9. The summed E-state index contributed by atoms with van der Waals surface area (Å²) in [6.07, 6.45) is 3.23. The van der Waals surface area contributed by atoms with Crippen molar-refractivity contribution in [1.29, 1.82) is 0 Å². The van der Waals surface area contributed by atoms with Gasteiger partial charge >= 0.3 is 5.97 Å². The molecule has 0 aliphatic rings. The highest BCUT2D eigenvalue weighted by Gasteiger charge is 2.01. The molecule has 0 aliphatic heterocycles. The molecule has 0 unspecified atom stereocenters. The molecule has 0 aromatic rings. The van der Waals surface area contributed by atoms with Crippen LogP contribution in [0.2, 0.25) is 0 Å². The zero-order valence-electron chi connectivity index (χ0n) is 8.97.